The summed E-state index contributed by atoms with van der Waals surface area (Å²) >= 11 is 0. The first-order valence-electron chi connectivity index (χ1n) is 6.06. The van der Waals surface area contributed by atoms with Crippen molar-refractivity contribution in [1.29, 1.82) is 0 Å². The highest BCUT2D eigenvalue weighted by atomic mass is 16.5. The van der Waals surface area contributed by atoms with E-state index in [-0.39, 0.29) is 16.6 Å². The van der Waals surface area contributed by atoms with E-state index in [1.165, 1.54) is 32.8 Å². The molecule has 0 amide bonds. The second-order valence-corrected chi connectivity index (χ2v) is 5.51. The van der Waals surface area contributed by atoms with Crippen LogP contribution in [0.4, 0.5) is 0 Å². The molecular formula is C12H20BO2. The third-order valence-corrected chi connectivity index (χ3v) is 4.23. The van der Waals surface area contributed by atoms with Gasteiger partial charge in [0.15, 0.2) is 0 Å². The Morgan fingerprint density at radius 1 is 1.13 bits per heavy atom. The fourth-order valence-electron chi connectivity index (χ4n) is 3.33. The Labute approximate surface area is 93.0 Å². The summed E-state index contributed by atoms with van der Waals surface area (Å²) in [7, 11) is 3.82. The number of hydrogen-bond donors (Lipinski definition) is 0. The van der Waals surface area contributed by atoms with Crippen molar-refractivity contribution < 1.29 is 9.53 Å². The van der Waals surface area contributed by atoms with Gasteiger partial charge in [0.2, 0.25) is 0 Å². The van der Waals surface area contributed by atoms with E-state index in [1.54, 1.807) is 0 Å². The minimum Gasteiger partial charge on any atom is -0.469 e. The molecule has 0 saturated carbocycles. The van der Waals surface area contributed by atoms with Gasteiger partial charge in [-0.3, -0.25) is 4.79 Å². The minimum absolute atomic E-state index is 0.00637. The number of carbonyl (C=O) groups excluding carboxylic acids is 1. The summed E-state index contributed by atoms with van der Waals surface area (Å²) in [4.78, 5) is 11.9. The molecule has 0 N–H and O–H groups in total. The van der Waals surface area contributed by atoms with E-state index >= 15 is 0 Å². The Bertz CT molecular complexity index is 262. The predicted molar refractivity (Wildman–Crippen MR) is 61.1 cm³/mol. The smallest absolute Gasteiger partial charge is 0.303 e. The van der Waals surface area contributed by atoms with E-state index in [2.05, 4.69) is 14.2 Å². The second kappa shape index (κ2) is 3.84. The molecule has 83 valence electrons. The fraction of sp³-hybridized carbons (Fsp3) is 0.917. The zero-order valence-electron chi connectivity index (χ0n) is 9.84. The molecule has 2 aliphatic heterocycles. The van der Waals surface area contributed by atoms with E-state index < -0.39 is 0 Å². The van der Waals surface area contributed by atoms with E-state index in [9.17, 15) is 4.79 Å². The number of hydrogen-bond acceptors (Lipinski definition) is 2. The molecule has 0 spiro atoms. The molecular weight excluding hydrogens is 187 g/mol. The quantitative estimate of drug-likeness (QED) is 0.488. The van der Waals surface area contributed by atoms with Crippen LogP contribution in [0.25, 0.3) is 0 Å². The van der Waals surface area contributed by atoms with Crippen LogP contribution < -0.4 is 0 Å². The largest absolute Gasteiger partial charge is 0.469 e. The van der Waals surface area contributed by atoms with Crippen LogP contribution in [-0.2, 0) is 9.53 Å². The summed E-state index contributed by atoms with van der Waals surface area (Å²) < 4.78 is 4.98. The van der Waals surface area contributed by atoms with E-state index in [4.69, 9.17) is 4.74 Å². The monoisotopic (exact) mass is 207 g/mol. The summed E-state index contributed by atoms with van der Waals surface area (Å²) in [5.41, 5.74) is 0. The van der Waals surface area contributed by atoms with Crippen molar-refractivity contribution in [2.45, 2.75) is 62.5 Å². The summed E-state index contributed by atoms with van der Waals surface area (Å²) in [5, 5.41) is 0.0402. The van der Waals surface area contributed by atoms with Gasteiger partial charge < -0.3 is 4.74 Å². The molecule has 0 aliphatic carbocycles. The van der Waals surface area contributed by atoms with Gasteiger partial charge in [0.1, 0.15) is 7.28 Å². The molecule has 2 unspecified atom stereocenters. The Morgan fingerprint density at radius 3 is 2.60 bits per heavy atom. The van der Waals surface area contributed by atoms with E-state index in [0.717, 1.165) is 19.3 Å². The maximum Gasteiger partial charge on any atom is 0.303 e. The molecule has 2 atom stereocenters. The van der Waals surface area contributed by atoms with Gasteiger partial charge in [-0.05, 0) is 12.8 Å². The zero-order valence-corrected chi connectivity index (χ0v) is 9.84. The van der Waals surface area contributed by atoms with Gasteiger partial charge in [-0.25, -0.2) is 0 Å². The lowest BCUT2D eigenvalue weighted by Gasteiger charge is -2.31. The van der Waals surface area contributed by atoms with Gasteiger partial charge in [0.05, 0.1) is 7.11 Å². The number of esters is 1. The highest BCUT2D eigenvalue weighted by molar-refractivity contribution is 6.51. The lowest BCUT2D eigenvalue weighted by atomic mass is 9.41. The van der Waals surface area contributed by atoms with Crippen LogP contribution in [0.1, 0.15) is 51.9 Å². The van der Waals surface area contributed by atoms with Gasteiger partial charge >= 0.3 is 5.97 Å². The standard InChI is InChI=1S/C12H20BO2/c1-11-6-4-3-5-7-12(13-11,9-8-11)10(14)15-2/h3-9H2,1-2H3. The molecule has 2 bridgehead atoms. The predicted octanol–water partition coefficient (Wildman–Crippen LogP) is 2.96. The van der Waals surface area contributed by atoms with Crippen molar-refractivity contribution in [3.05, 3.63) is 0 Å². The van der Waals surface area contributed by atoms with Crippen molar-refractivity contribution in [2.24, 2.45) is 0 Å². The van der Waals surface area contributed by atoms with Crippen molar-refractivity contribution in [3.8, 4) is 0 Å². The van der Waals surface area contributed by atoms with Crippen molar-refractivity contribution >= 4 is 13.2 Å². The molecule has 0 aromatic rings. The van der Waals surface area contributed by atoms with Crippen molar-refractivity contribution in [2.75, 3.05) is 7.11 Å². The van der Waals surface area contributed by atoms with Crippen molar-refractivity contribution in [1.82, 2.24) is 0 Å². The number of rotatable bonds is 1. The first-order chi connectivity index (χ1) is 7.10. The molecule has 3 heteroatoms. The highest BCUT2D eigenvalue weighted by Crippen LogP contribution is 2.58. The number of carbonyl (C=O) groups is 1. The van der Waals surface area contributed by atoms with Gasteiger partial charge in [-0.15, -0.1) is 0 Å². The van der Waals surface area contributed by atoms with Crippen LogP contribution in [0, 0.1) is 0 Å². The van der Waals surface area contributed by atoms with Crippen LogP contribution in [0.2, 0.25) is 10.6 Å². The highest BCUT2D eigenvalue weighted by Gasteiger charge is 2.51. The van der Waals surface area contributed by atoms with Gasteiger partial charge in [-0.2, -0.15) is 0 Å². The average Bonchev–Trinajstić information content (AvgIpc) is 2.56. The Hall–Kier alpha value is -0.465. The van der Waals surface area contributed by atoms with E-state index in [0.29, 0.717) is 0 Å². The molecule has 2 fully saturated rings. The maximum atomic E-state index is 11.9. The minimum atomic E-state index is -0.246. The Kier molecular flexibility index (Phi) is 2.82. The lowest BCUT2D eigenvalue weighted by molar-refractivity contribution is -0.144. The van der Waals surface area contributed by atoms with Crippen molar-refractivity contribution in [3.63, 3.8) is 0 Å². The van der Waals surface area contributed by atoms with Gasteiger partial charge in [0, 0.05) is 5.31 Å². The van der Waals surface area contributed by atoms with Crippen LogP contribution in [-0.4, -0.2) is 20.4 Å². The summed E-state index contributed by atoms with van der Waals surface area (Å²) in [6.07, 6.45) is 8.13. The molecule has 0 aromatic heterocycles. The first kappa shape index (κ1) is 11.0. The summed E-state index contributed by atoms with van der Waals surface area (Å²) in [6, 6.07) is 0. The molecule has 1 radical (unpaired) electrons. The number of methoxy groups -OCH3 is 1. The molecule has 2 nitrogen and oxygen atoms in total. The van der Waals surface area contributed by atoms with Crippen LogP contribution in [0.15, 0.2) is 0 Å². The SMILES string of the molecule is COC(=O)C12[B]C(C)(CCCCC1)CC2. The maximum absolute atomic E-state index is 11.9. The third-order valence-electron chi connectivity index (χ3n) is 4.23. The molecule has 2 saturated heterocycles. The molecule has 2 rings (SSSR count). The van der Waals surface area contributed by atoms with Crippen LogP contribution in [0.5, 0.6) is 0 Å². The fourth-order valence-corrected chi connectivity index (χ4v) is 3.33. The summed E-state index contributed by atoms with van der Waals surface area (Å²) in [5.74, 6) is -0.00637. The van der Waals surface area contributed by atoms with Gasteiger partial charge in [0.25, 0.3) is 0 Å². The molecule has 2 aliphatic rings. The topological polar surface area (TPSA) is 26.3 Å². The Morgan fingerprint density at radius 2 is 1.87 bits per heavy atom. The van der Waals surface area contributed by atoms with Crippen LogP contribution in [0.3, 0.4) is 0 Å². The Balaban J connectivity index is 2.20. The number of ether oxygens (including phenoxy) is 1. The third kappa shape index (κ3) is 1.93. The molecule has 0 aromatic carbocycles. The zero-order chi connectivity index (χ0) is 10.9. The van der Waals surface area contributed by atoms with E-state index in [1.807, 2.05) is 0 Å². The van der Waals surface area contributed by atoms with Gasteiger partial charge in [-0.1, -0.05) is 44.3 Å². The normalized spacial score (nSPS) is 40.1. The van der Waals surface area contributed by atoms with Crippen LogP contribution >= 0.6 is 0 Å². The second-order valence-electron chi connectivity index (χ2n) is 5.51. The molecule has 2 heterocycles. The summed E-state index contributed by atoms with van der Waals surface area (Å²) in [6.45, 7) is 2.29. The first-order valence-corrected chi connectivity index (χ1v) is 6.06. The average molecular weight is 207 g/mol. The number of fused-ring (bicyclic) bond motifs is 2. The molecule has 15 heavy (non-hydrogen) atoms. The lowest BCUT2D eigenvalue weighted by Crippen LogP contribution is -2.31.